The molecule has 2 heterocycles. The van der Waals surface area contributed by atoms with E-state index in [1.54, 1.807) is 19.2 Å². The number of carbonyl (C=O) groups is 2. The Morgan fingerprint density at radius 3 is 2.54 bits per heavy atom. The smallest absolute Gasteiger partial charge is 0.407 e. The SMILES string of the molecule is CN(C(=O)O)C1CCC(CC(=O)Nc2cc(-c3ccsc3)c(-c3ccc(C4(N)CC4)c(F)c3)nn2)CC1. The van der Waals surface area contributed by atoms with Gasteiger partial charge in [-0.15, -0.1) is 10.2 Å². The van der Waals surface area contributed by atoms with Crippen LogP contribution in [-0.2, 0) is 10.3 Å². The average molecular weight is 524 g/mol. The van der Waals surface area contributed by atoms with Gasteiger partial charge in [0.2, 0.25) is 5.91 Å². The average Bonchev–Trinajstić information content (AvgIpc) is 3.38. The molecular formula is C27H30FN5O3S. The van der Waals surface area contributed by atoms with Crippen LogP contribution in [0.15, 0.2) is 41.1 Å². The highest BCUT2D eigenvalue weighted by atomic mass is 32.1. The molecule has 2 aliphatic rings. The van der Waals surface area contributed by atoms with Gasteiger partial charge in [-0.1, -0.05) is 12.1 Å². The molecular weight excluding hydrogens is 493 g/mol. The number of nitrogens with one attached hydrogen (secondary N) is 1. The van der Waals surface area contributed by atoms with Gasteiger partial charge >= 0.3 is 6.09 Å². The summed E-state index contributed by atoms with van der Waals surface area (Å²) in [7, 11) is 1.60. The second-order valence-corrected chi connectivity index (χ2v) is 11.0. The molecule has 1 aromatic carbocycles. The summed E-state index contributed by atoms with van der Waals surface area (Å²) in [4.78, 5) is 25.3. The zero-order chi connectivity index (χ0) is 26.2. The van der Waals surface area contributed by atoms with Crippen LogP contribution in [-0.4, -0.2) is 45.3 Å². The van der Waals surface area contributed by atoms with E-state index in [2.05, 4.69) is 15.5 Å². The second-order valence-electron chi connectivity index (χ2n) is 10.2. The Bertz CT molecular complexity index is 1300. The Labute approximate surface area is 218 Å². The maximum atomic E-state index is 14.9. The lowest BCUT2D eigenvalue weighted by Gasteiger charge is -2.32. The summed E-state index contributed by atoms with van der Waals surface area (Å²) in [5.74, 6) is 0.0321. The molecule has 10 heteroatoms. The molecule has 8 nitrogen and oxygen atoms in total. The highest BCUT2D eigenvalue weighted by Gasteiger charge is 2.42. The Morgan fingerprint density at radius 1 is 1.16 bits per heavy atom. The minimum absolute atomic E-state index is 0.00181. The first-order valence-corrected chi connectivity index (χ1v) is 13.4. The number of carboxylic acid groups (broad SMARTS) is 1. The van der Waals surface area contributed by atoms with Crippen molar-refractivity contribution in [2.24, 2.45) is 11.7 Å². The van der Waals surface area contributed by atoms with E-state index in [4.69, 9.17) is 5.73 Å². The van der Waals surface area contributed by atoms with Crippen molar-refractivity contribution in [3.8, 4) is 22.4 Å². The maximum absolute atomic E-state index is 14.9. The van der Waals surface area contributed by atoms with Gasteiger partial charge in [0.25, 0.3) is 0 Å². The van der Waals surface area contributed by atoms with E-state index in [1.807, 2.05) is 22.9 Å². The van der Waals surface area contributed by atoms with Gasteiger partial charge < -0.3 is 21.1 Å². The molecule has 5 rings (SSSR count). The largest absolute Gasteiger partial charge is 0.465 e. The number of nitrogens with two attached hydrogens (primary N) is 1. The van der Waals surface area contributed by atoms with E-state index >= 15 is 0 Å². The number of benzene rings is 1. The molecule has 194 valence electrons. The fourth-order valence-corrected chi connectivity index (χ4v) is 5.78. The zero-order valence-corrected chi connectivity index (χ0v) is 21.4. The molecule has 0 aliphatic heterocycles. The quantitative estimate of drug-likeness (QED) is 0.378. The van der Waals surface area contributed by atoms with Gasteiger partial charge in [-0.25, -0.2) is 9.18 Å². The number of amides is 2. The van der Waals surface area contributed by atoms with Crippen LogP contribution in [0.4, 0.5) is 15.0 Å². The number of carbonyl (C=O) groups excluding carboxylic acids is 1. The molecule has 0 spiro atoms. The van der Waals surface area contributed by atoms with Gasteiger partial charge in [-0.05, 0) is 79.0 Å². The van der Waals surface area contributed by atoms with Crippen LogP contribution >= 0.6 is 11.3 Å². The summed E-state index contributed by atoms with van der Waals surface area (Å²) < 4.78 is 14.9. The summed E-state index contributed by atoms with van der Waals surface area (Å²) in [5, 5.41) is 24.6. The molecule has 0 saturated heterocycles. The van der Waals surface area contributed by atoms with E-state index in [0.717, 1.165) is 49.7 Å². The predicted octanol–water partition coefficient (Wildman–Crippen LogP) is 5.46. The highest BCUT2D eigenvalue weighted by molar-refractivity contribution is 7.08. The number of anilines is 1. The molecule has 2 fully saturated rings. The Hall–Kier alpha value is -3.37. The second kappa shape index (κ2) is 10.2. The Balaban J connectivity index is 1.30. The van der Waals surface area contributed by atoms with E-state index < -0.39 is 11.6 Å². The molecule has 0 radical (unpaired) electrons. The van der Waals surface area contributed by atoms with E-state index in [9.17, 15) is 19.1 Å². The minimum Gasteiger partial charge on any atom is -0.465 e. The van der Waals surface area contributed by atoms with Gasteiger partial charge in [0.05, 0.1) is 0 Å². The van der Waals surface area contributed by atoms with Gasteiger partial charge in [-0.2, -0.15) is 11.3 Å². The zero-order valence-electron chi connectivity index (χ0n) is 20.6. The normalized spacial score (nSPS) is 20.3. The van der Waals surface area contributed by atoms with Crippen molar-refractivity contribution in [3.63, 3.8) is 0 Å². The van der Waals surface area contributed by atoms with Crippen LogP contribution < -0.4 is 11.1 Å². The lowest BCUT2D eigenvalue weighted by Crippen LogP contribution is -2.38. The van der Waals surface area contributed by atoms with E-state index in [0.29, 0.717) is 29.1 Å². The van der Waals surface area contributed by atoms with Crippen molar-refractivity contribution in [3.05, 3.63) is 52.5 Å². The maximum Gasteiger partial charge on any atom is 0.407 e. The van der Waals surface area contributed by atoms with Crippen molar-refractivity contribution in [1.82, 2.24) is 15.1 Å². The number of hydrogen-bond acceptors (Lipinski definition) is 6. The first-order chi connectivity index (χ1) is 17.7. The third kappa shape index (κ3) is 5.50. The lowest BCUT2D eigenvalue weighted by atomic mass is 9.83. The Morgan fingerprint density at radius 2 is 1.92 bits per heavy atom. The highest BCUT2D eigenvalue weighted by Crippen LogP contribution is 2.44. The molecule has 2 saturated carbocycles. The van der Waals surface area contributed by atoms with Crippen molar-refractivity contribution in [1.29, 1.82) is 0 Å². The molecule has 2 amide bonds. The van der Waals surface area contributed by atoms with Gasteiger partial charge in [0.1, 0.15) is 11.5 Å². The molecule has 37 heavy (non-hydrogen) atoms. The Kier molecular flexibility index (Phi) is 6.96. The van der Waals surface area contributed by atoms with Crippen LogP contribution in [0.25, 0.3) is 22.4 Å². The number of rotatable bonds is 7. The molecule has 0 bridgehead atoms. The lowest BCUT2D eigenvalue weighted by molar-refractivity contribution is -0.117. The first kappa shape index (κ1) is 25.3. The van der Waals surface area contributed by atoms with Gasteiger partial charge in [0.15, 0.2) is 5.82 Å². The topological polar surface area (TPSA) is 121 Å². The third-order valence-corrected chi connectivity index (χ3v) is 8.28. The van der Waals surface area contributed by atoms with Crippen molar-refractivity contribution < 1.29 is 19.1 Å². The molecule has 4 N–H and O–H groups in total. The fourth-order valence-electron chi connectivity index (χ4n) is 5.12. The number of hydrogen-bond donors (Lipinski definition) is 3. The summed E-state index contributed by atoms with van der Waals surface area (Å²) in [6.07, 6.45) is 4.06. The van der Waals surface area contributed by atoms with Crippen molar-refractivity contribution in [2.45, 2.75) is 56.5 Å². The molecule has 2 aliphatic carbocycles. The summed E-state index contributed by atoms with van der Waals surface area (Å²) in [5.41, 5.74) is 8.95. The minimum atomic E-state index is -0.922. The number of halogens is 1. The van der Waals surface area contributed by atoms with E-state index in [-0.39, 0.29) is 23.7 Å². The standard InChI is InChI=1S/C27H30FN5O3S/c1-33(26(35)36)19-5-2-16(3-6-19)12-24(34)30-23-14-20(18-8-11-37-15-18)25(32-31-23)17-4-7-21(22(28)13-17)27(29)9-10-27/h4,7-8,11,13-16,19H,2-3,5-6,9-10,12,29H2,1H3,(H,35,36)(H,30,31,34). The van der Waals surface area contributed by atoms with Crippen LogP contribution in [0, 0.1) is 11.7 Å². The predicted molar refractivity (Wildman–Crippen MR) is 141 cm³/mol. The number of nitrogens with zero attached hydrogens (tertiary/aromatic N) is 3. The summed E-state index contributed by atoms with van der Waals surface area (Å²) in [6, 6.07) is 8.74. The molecule has 0 unspecified atom stereocenters. The van der Waals surface area contributed by atoms with Crippen LogP contribution in [0.2, 0.25) is 0 Å². The number of aromatic nitrogens is 2. The van der Waals surface area contributed by atoms with Crippen molar-refractivity contribution >= 4 is 29.2 Å². The van der Waals surface area contributed by atoms with Gasteiger partial charge in [-0.3, -0.25) is 4.79 Å². The first-order valence-electron chi connectivity index (χ1n) is 12.5. The third-order valence-electron chi connectivity index (χ3n) is 7.60. The van der Waals surface area contributed by atoms with Gasteiger partial charge in [0, 0.05) is 41.7 Å². The monoisotopic (exact) mass is 523 g/mol. The fraction of sp³-hybridized carbons (Fsp3) is 0.407. The number of thiophene rings is 1. The molecule has 2 aromatic heterocycles. The summed E-state index contributed by atoms with van der Waals surface area (Å²) >= 11 is 1.54. The van der Waals surface area contributed by atoms with E-state index in [1.165, 1.54) is 22.3 Å². The van der Waals surface area contributed by atoms with Crippen LogP contribution in [0.5, 0.6) is 0 Å². The van der Waals surface area contributed by atoms with Crippen LogP contribution in [0.3, 0.4) is 0 Å². The summed E-state index contributed by atoms with van der Waals surface area (Å²) in [6.45, 7) is 0. The molecule has 3 aromatic rings. The van der Waals surface area contributed by atoms with Crippen molar-refractivity contribution in [2.75, 3.05) is 12.4 Å². The molecule has 0 atom stereocenters. The van der Waals surface area contributed by atoms with Crippen LogP contribution in [0.1, 0.15) is 50.5 Å².